The lowest BCUT2D eigenvalue weighted by molar-refractivity contribution is -0.122. The Morgan fingerprint density at radius 3 is 2.84 bits per heavy atom. The Hall–Kier alpha value is -3.26. The predicted molar refractivity (Wildman–Crippen MR) is 95.2 cm³/mol. The zero-order valence-corrected chi connectivity index (χ0v) is 13.7. The number of carbonyl (C=O) groups excluding carboxylic acids is 2. The van der Waals surface area contributed by atoms with Gasteiger partial charge in [-0.05, 0) is 42.3 Å². The van der Waals surface area contributed by atoms with E-state index in [9.17, 15) is 9.59 Å². The minimum Gasteiger partial charge on any atom is -0.484 e. The first-order valence-corrected chi connectivity index (χ1v) is 8.07. The number of hydrogen-bond donors (Lipinski definition) is 2. The fourth-order valence-electron chi connectivity index (χ4n) is 2.46. The normalized spacial score (nSPS) is 12.2. The van der Waals surface area contributed by atoms with Gasteiger partial charge in [0.15, 0.2) is 6.61 Å². The number of amides is 2. The van der Waals surface area contributed by atoms with Gasteiger partial charge in [-0.1, -0.05) is 30.0 Å². The Labute approximate surface area is 146 Å². The van der Waals surface area contributed by atoms with Gasteiger partial charge in [-0.25, -0.2) is 0 Å². The zero-order valence-electron chi connectivity index (χ0n) is 13.7. The van der Waals surface area contributed by atoms with Crippen molar-refractivity contribution in [3.05, 3.63) is 59.7 Å². The molecule has 2 N–H and O–H groups in total. The molecule has 5 nitrogen and oxygen atoms in total. The van der Waals surface area contributed by atoms with Gasteiger partial charge >= 0.3 is 0 Å². The number of fused-ring (bicyclic) bond motifs is 1. The van der Waals surface area contributed by atoms with Crippen LogP contribution >= 0.6 is 0 Å². The molecule has 0 unspecified atom stereocenters. The summed E-state index contributed by atoms with van der Waals surface area (Å²) in [6, 6.07) is 15.0. The van der Waals surface area contributed by atoms with Crippen LogP contribution in [0.4, 0.5) is 5.69 Å². The first-order chi connectivity index (χ1) is 12.2. The van der Waals surface area contributed by atoms with E-state index in [2.05, 4.69) is 22.5 Å². The van der Waals surface area contributed by atoms with Crippen molar-refractivity contribution in [2.24, 2.45) is 0 Å². The highest BCUT2D eigenvalue weighted by Crippen LogP contribution is 2.26. The summed E-state index contributed by atoms with van der Waals surface area (Å²) in [5, 5.41) is 5.51. The molecule has 0 aromatic heterocycles. The third-order valence-corrected chi connectivity index (χ3v) is 3.72. The molecule has 126 valence electrons. The van der Waals surface area contributed by atoms with E-state index < -0.39 is 0 Å². The van der Waals surface area contributed by atoms with Crippen LogP contribution in [0.15, 0.2) is 48.5 Å². The summed E-state index contributed by atoms with van der Waals surface area (Å²) in [5.41, 5.74) is 2.74. The fraction of sp³-hybridized carbons (Fsp3) is 0.200. The Morgan fingerprint density at radius 1 is 1.16 bits per heavy atom. The van der Waals surface area contributed by atoms with Crippen molar-refractivity contribution in [2.75, 3.05) is 18.5 Å². The highest BCUT2D eigenvalue weighted by Gasteiger charge is 2.15. The molecule has 0 saturated carbocycles. The predicted octanol–water partition coefficient (Wildman–Crippen LogP) is 2.12. The number of benzene rings is 2. The Bertz CT molecular complexity index is 835. The molecule has 0 saturated heterocycles. The number of carbonyl (C=O) groups is 2. The van der Waals surface area contributed by atoms with Crippen molar-refractivity contribution >= 4 is 17.5 Å². The van der Waals surface area contributed by atoms with Gasteiger partial charge in [0.25, 0.3) is 5.91 Å². The summed E-state index contributed by atoms with van der Waals surface area (Å²) in [6.07, 6.45) is 1.15. The first-order valence-electron chi connectivity index (χ1n) is 8.07. The van der Waals surface area contributed by atoms with Gasteiger partial charge < -0.3 is 15.4 Å². The lowest BCUT2D eigenvalue weighted by atomic mass is 10.0. The van der Waals surface area contributed by atoms with Crippen LogP contribution in [0, 0.1) is 11.8 Å². The van der Waals surface area contributed by atoms with E-state index >= 15 is 0 Å². The molecule has 3 rings (SSSR count). The van der Waals surface area contributed by atoms with Crippen molar-refractivity contribution < 1.29 is 14.3 Å². The van der Waals surface area contributed by atoms with Crippen molar-refractivity contribution in [1.82, 2.24) is 5.32 Å². The Morgan fingerprint density at radius 2 is 2.00 bits per heavy atom. The Kier molecular flexibility index (Phi) is 5.32. The van der Waals surface area contributed by atoms with Crippen molar-refractivity contribution in [3.63, 3.8) is 0 Å². The molecule has 0 radical (unpaired) electrons. The van der Waals surface area contributed by atoms with Gasteiger partial charge in [-0.2, -0.15) is 0 Å². The molecule has 0 spiro atoms. The molecule has 1 aliphatic heterocycles. The van der Waals surface area contributed by atoms with Crippen LogP contribution in [0.3, 0.4) is 0 Å². The average Bonchev–Trinajstić information content (AvgIpc) is 2.64. The maximum absolute atomic E-state index is 11.8. The molecule has 2 aromatic carbocycles. The first kappa shape index (κ1) is 16.6. The van der Waals surface area contributed by atoms with Gasteiger partial charge in [0, 0.05) is 17.7 Å². The molecule has 2 aromatic rings. The monoisotopic (exact) mass is 334 g/mol. The highest BCUT2D eigenvalue weighted by atomic mass is 16.5. The largest absolute Gasteiger partial charge is 0.484 e. The third kappa shape index (κ3) is 4.85. The quantitative estimate of drug-likeness (QED) is 0.842. The van der Waals surface area contributed by atoms with Crippen LogP contribution in [0.2, 0.25) is 0 Å². The summed E-state index contributed by atoms with van der Waals surface area (Å²) in [4.78, 5) is 23.1. The van der Waals surface area contributed by atoms with Crippen LogP contribution in [-0.2, 0) is 16.0 Å². The minimum atomic E-state index is -0.228. The molecule has 25 heavy (non-hydrogen) atoms. The molecule has 1 aliphatic rings. The average molecular weight is 334 g/mol. The second-order valence-corrected chi connectivity index (χ2v) is 5.60. The number of anilines is 1. The van der Waals surface area contributed by atoms with Gasteiger partial charge in [-0.15, -0.1) is 0 Å². The summed E-state index contributed by atoms with van der Waals surface area (Å²) in [5.74, 6) is 6.28. The van der Waals surface area contributed by atoms with E-state index in [1.807, 2.05) is 36.4 Å². The van der Waals surface area contributed by atoms with Gasteiger partial charge in [0.2, 0.25) is 5.91 Å². The van der Waals surface area contributed by atoms with Crippen molar-refractivity contribution in [1.29, 1.82) is 0 Å². The molecule has 0 aliphatic carbocycles. The number of hydrogen-bond acceptors (Lipinski definition) is 3. The minimum absolute atomic E-state index is 0.0251. The third-order valence-electron chi connectivity index (χ3n) is 3.72. The molecule has 1 heterocycles. The summed E-state index contributed by atoms with van der Waals surface area (Å²) < 4.78 is 5.50. The maximum Gasteiger partial charge on any atom is 0.258 e. The molecule has 5 heteroatoms. The van der Waals surface area contributed by atoms with E-state index in [-0.39, 0.29) is 25.0 Å². The summed E-state index contributed by atoms with van der Waals surface area (Å²) >= 11 is 0. The second kappa shape index (κ2) is 8.02. The van der Waals surface area contributed by atoms with Crippen molar-refractivity contribution in [3.8, 4) is 17.6 Å². The molecule has 0 bridgehead atoms. The van der Waals surface area contributed by atoms with Crippen LogP contribution < -0.4 is 15.4 Å². The van der Waals surface area contributed by atoms with Crippen LogP contribution in [-0.4, -0.2) is 25.0 Å². The number of rotatable bonds is 4. The lowest BCUT2D eigenvalue weighted by Crippen LogP contribution is -2.29. The molecular weight excluding hydrogens is 316 g/mol. The van der Waals surface area contributed by atoms with E-state index in [0.717, 1.165) is 16.8 Å². The molecule has 2 amide bonds. The number of nitrogens with one attached hydrogen (secondary N) is 2. The van der Waals surface area contributed by atoms with Crippen LogP contribution in [0.1, 0.15) is 17.5 Å². The number of aryl methyl sites for hydroxylation is 1. The topological polar surface area (TPSA) is 67.4 Å². The second-order valence-electron chi connectivity index (χ2n) is 5.60. The maximum atomic E-state index is 11.8. The highest BCUT2D eigenvalue weighted by molar-refractivity contribution is 5.94. The zero-order chi connectivity index (χ0) is 17.5. The summed E-state index contributed by atoms with van der Waals surface area (Å²) in [6.45, 7) is 0.200. The SMILES string of the molecule is O=C(COc1ccc2c(c1)CCC(=O)N2)NCC#Cc1ccccc1. The van der Waals surface area contributed by atoms with Crippen LogP contribution in [0.25, 0.3) is 0 Å². The fourth-order valence-corrected chi connectivity index (χ4v) is 2.46. The number of ether oxygens (including phenoxy) is 1. The Balaban J connectivity index is 1.45. The molecular formula is C20H18N2O3. The van der Waals surface area contributed by atoms with Gasteiger partial charge in [0.1, 0.15) is 5.75 Å². The molecule has 0 atom stereocenters. The van der Waals surface area contributed by atoms with E-state index in [1.54, 1.807) is 12.1 Å². The van der Waals surface area contributed by atoms with E-state index in [1.165, 1.54) is 0 Å². The van der Waals surface area contributed by atoms with Gasteiger partial charge in [0.05, 0.1) is 6.54 Å². The standard InChI is InChI=1S/C20H18N2O3/c23-19-11-8-16-13-17(9-10-18(16)22-19)25-14-20(24)21-12-4-7-15-5-2-1-3-6-15/h1-3,5-6,9-10,13H,8,11-12,14H2,(H,21,24)(H,22,23). The van der Waals surface area contributed by atoms with E-state index in [0.29, 0.717) is 18.6 Å². The van der Waals surface area contributed by atoms with Crippen LogP contribution in [0.5, 0.6) is 5.75 Å². The summed E-state index contributed by atoms with van der Waals surface area (Å²) in [7, 11) is 0. The van der Waals surface area contributed by atoms with Crippen molar-refractivity contribution in [2.45, 2.75) is 12.8 Å². The lowest BCUT2D eigenvalue weighted by Gasteiger charge is -2.17. The smallest absolute Gasteiger partial charge is 0.258 e. The van der Waals surface area contributed by atoms with Gasteiger partial charge in [-0.3, -0.25) is 9.59 Å². The van der Waals surface area contributed by atoms with E-state index in [4.69, 9.17) is 4.74 Å². The molecule has 0 fully saturated rings.